The van der Waals surface area contributed by atoms with Gasteiger partial charge in [-0.15, -0.1) is 0 Å². The number of amides is 1. The summed E-state index contributed by atoms with van der Waals surface area (Å²) in [4.78, 5) is 19.3. The zero-order valence-corrected chi connectivity index (χ0v) is 14.0. The number of nitrogens with zero attached hydrogens (tertiary/aromatic N) is 3. The number of halogens is 1. The molecular weight excluding hydrogens is 322 g/mol. The first-order valence-corrected chi connectivity index (χ1v) is 8.59. The highest BCUT2D eigenvalue weighted by molar-refractivity contribution is 6.30. The van der Waals surface area contributed by atoms with E-state index in [9.17, 15) is 4.79 Å². The van der Waals surface area contributed by atoms with Gasteiger partial charge in [-0.2, -0.15) is 0 Å². The second kappa shape index (κ2) is 6.29. The smallest absolute Gasteiger partial charge is 0.242 e. The van der Waals surface area contributed by atoms with E-state index in [1.807, 2.05) is 58.0 Å². The number of aromatic nitrogens is 2. The van der Waals surface area contributed by atoms with Gasteiger partial charge in [0.15, 0.2) is 0 Å². The predicted molar refractivity (Wildman–Crippen MR) is 96.0 cm³/mol. The summed E-state index contributed by atoms with van der Waals surface area (Å²) in [6.07, 6.45) is 2.19. The van der Waals surface area contributed by atoms with Crippen LogP contribution in [0, 0.1) is 0 Å². The first-order valence-electron chi connectivity index (χ1n) is 8.21. The van der Waals surface area contributed by atoms with Crippen molar-refractivity contribution in [1.29, 1.82) is 0 Å². The van der Waals surface area contributed by atoms with Gasteiger partial charge in [0.1, 0.15) is 12.4 Å². The van der Waals surface area contributed by atoms with Crippen LogP contribution in [0.3, 0.4) is 0 Å². The lowest BCUT2D eigenvalue weighted by molar-refractivity contribution is -0.130. The standard InChI is InChI=1S/C19H18ClN3O/c20-15-7-5-6-14(12-15)19-21-16-8-1-2-9-17(16)23(19)13-18(24)22-10-3-4-11-22/h1-2,5-9,12H,3-4,10-11,13H2. The Hall–Kier alpha value is -2.33. The highest BCUT2D eigenvalue weighted by Crippen LogP contribution is 2.27. The van der Waals surface area contributed by atoms with Crippen LogP contribution < -0.4 is 0 Å². The summed E-state index contributed by atoms with van der Waals surface area (Å²) >= 11 is 6.14. The molecule has 0 spiro atoms. The molecule has 2 aromatic carbocycles. The van der Waals surface area contributed by atoms with Crippen LogP contribution in [-0.4, -0.2) is 33.4 Å². The average Bonchev–Trinajstić information content (AvgIpc) is 3.23. The van der Waals surface area contributed by atoms with Gasteiger partial charge in [0.2, 0.25) is 5.91 Å². The number of likely N-dealkylation sites (tertiary alicyclic amines) is 1. The molecule has 1 amide bonds. The van der Waals surface area contributed by atoms with Crippen molar-refractivity contribution in [1.82, 2.24) is 14.5 Å². The molecule has 3 aromatic rings. The summed E-state index contributed by atoms with van der Waals surface area (Å²) in [7, 11) is 0. The molecule has 4 rings (SSSR count). The van der Waals surface area contributed by atoms with Crippen molar-refractivity contribution in [2.75, 3.05) is 13.1 Å². The Morgan fingerprint density at radius 2 is 1.88 bits per heavy atom. The van der Waals surface area contributed by atoms with Crippen LogP contribution in [-0.2, 0) is 11.3 Å². The Morgan fingerprint density at radius 3 is 2.67 bits per heavy atom. The summed E-state index contributed by atoms with van der Waals surface area (Å²) in [5, 5.41) is 0.664. The summed E-state index contributed by atoms with van der Waals surface area (Å²) < 4.78 is 2.00. The maximum Gasteiger partial charge on any atom is 0.242 e. The molecular formula is C19H18ClN3O. The van der Waals surface area contributed by atoms with Crippen LogP contribution in [0.15, 0.2) is 48.5 Å². The third-order valence-corrected chi connectivity index (χ3v) is 4.72. The molecule has 0 atom stereocenters. The highest BCUT2D eigenvalue weighted by atomic mass is 35.5. The number of para-hydroxylation sites is 2. The molecule has 1 aromatic heterocycles. The Bertz CT molecular complexity index is 897. The van der Waals surface area contributed by atoms with E-state index in [4.69, 9.17) is 16.6 Å². The van der Waals surface area contributed by atoms with Gasteiger partial charge in [-0.1, -0.05) is 35.9 Å². The molecule has 0 unspecified atom stereocenters. The molecule has 1 fully saturated rings. The highest BCUT2D eigenvalue weighted by Gasteiger charge is 2.21. The lowest BCUT2D eigenvalue weighted by Gasteiger charge is -2.17. The van der Waals surface area contributed by atoms with Crippen molar-refractivity contribution in [3.63, 3.8) is 0 Å². The fourth-order valence-corrected chi connectivity index (χ4v) is 3.48. The molecule has 0 radical (unpaired) electrons. The van der Waals surface area contributed by atoms with Crippen molar-refractivity contribution < 1.29 is 4.79 Å². The molecule has 24 heavy (non-hydrogen) atoms. The number of hydrogen-bond acceptors (Lipinski definition) is 2. The van der Waals surface area contributed by atoms with Gasteiger partial charge in [0, 0.05) is 23.7 Å². The first kappa shape index (κ1) is 15.2. The van der Waals surface area contributed by atoms with Gasteiger partial charge < -0.3 is 9.47 Å². The van der Waals surface area contributed by atoms with Crippen LogP contribution >= 0.6 is 11.6 Å². The lowest BCUT2D eigenvalue weighted by atomic mass is 10.2. The first-order chi connectivity index (χ1) is 11.7. The second-order valence-corrected chi connectivity index (χ2v) is 6.54. The van der Waals surface area contributed by atoms with Crippen molar-refractivity contribution in [2.45, 2.75) is 19.4 Å². The van der Waals surface area contributed by atoms with E-state index < -0.39 is 0 Å². The van der Waals surface area contributed by atoms with Crippen molar-refractivity contribution in [3.8, 4) is 11.4 Å². The minimum absolute atomic E-state index is 0.152. The summed E-state index contributed by atoms with van der Waals surface area (Å²) in [6.45, 7) is 2.03. The third kappa shape index (κ3) is 2.78. The molecule has 1 aliphatic rings. The molecule has 2 heterocycles. The molecule has 1 saturated heterocycles. The molecule has 0 bridgehead atoms. The zero-order chi connectivity index (χ0) is 16.5. The maximum atomic E-state index is 12.7. The van der Waals surface area contributed by atoms with Crippen molar-refractivity contribution in [3.05, 3.63) is 53.6 Å². The average molecular weight is 340 g/mol. The number of imidazole rings is 1. The Balaban J connectivity index is 1.79. The fraction of sp³-hybridized carbons (Fsp3) is 0.263. The fourth-order valence-electron chi connectivity index (χ4n) is 3.29. The van der Waals surface area contributed by atoms with Gasteiger partial charge in [0.25, 0.3) is 0 Å². The Kier molecular flexibility index (Phi) is 3.98. The summed E-state index contributed by atoms with van der Waals surface area (Å²) in [5.74, 6) is 0.935. The van der Waals surface area contributed by atoms with E-state index in [0.29, 0.717) is 11.6 Å². The van der Waals surface area contributed by atoms with Crippen LogP contribution in [0.4, 0.5) is 0 Å². The number of carbonyl (C=O) groups is 1. The van der Waals surface area contributed by atoms with Crippen LogP contribution in [0.25, 0.3) is 22.4 Å². The molecule has 5 heteroatoms. The van der Waals surface area contributed by atoms with E-state index in [1.165, 1.54) is 0 Å². The lowest BCUT2D eigenvalue weighted by Crippen LogP contribution is -2.31. The quantitative estimate of drug-likeness (QED) is 0.724. The van der Waals surface area contributed by atoms with Gasteiger partial charge in [0.05, 0.1) is 11.0 Å². The van der Waals surface area contributed by atoms with E-state index in [-0.39, 0.29) is 5.91 Å². The number of carbonyl (C=O) groups excluding carboxylic acids is 1. The van der Waals surface area contributed by atoms with Crippen LogP contribution in [0.5, 0.6) is 0 Å². The molecule has 0 N–H and O–H groups in total. The third-order valence-electron chi connectivity index (χ3n) is 4.49. The van der Waals surface area contributed by atoms with Crippen LogP contribution in [0.2, 0.25) is 5.02 Å². The maximum absolute atomic E-state index is 12.7. The molecule has 0 aliphatic carbocycles. The van der Waals surface area contributed by atoms with Crippen molar-refractivity contribution in [2.24, 2.45) is 0 Å². The van der Waals surface area contributed by atoms with E-state index in [1.54, 1.807) is 0 Å². The van der Waals surface area contributed by atoms with Crippen molar-refractivity contribution >= 4 is 28.5 Å². The normalized spacial score (nSPS) is 14.5. The SMILES string of the molecule is O=C(Cn1c(-c2cccc(Cl)c2)nc2ccccc21)N1CCCC1. The second-order valence-electron chi connectivity index (χ2n) is 6.11. The minimum atomic E-state index is 0.152. The Labute approximate surface area is 145 Å². The number of hydrogen-bond donors (Lipinski definition) is 0. The van der Waals surface area contributed by atoms with Gasteiger partial charge in [-0.05, 0) is 37.1 Å². The molecule has 122 valence electrons. The van der Waals surface area contributed by atoms with Gasteiger partial charge in [-0.25, -0.2) is 4.98 Å². The van der Waals surface area contributed by atoms with E-state index in [0.717, 1.165) is 48.4 Å². The number of benzene rings is 2. The predicted octanol–water partition coefficient (Wildman–Crippen LogP) is 3.98. The minimum Gasteiger partial charge on any atom is -0.341 e. The number of fused-ring (bicyclic) bond motifs is 1. The van der Waals surface area contributed by atoms with Crippen LogP contribution in [0.1, 0.15) is 12.8 Å². The van der Waals surface area contributed by atoms with E-state index >= 15 is 0 Å². The van der Waals surface area contributed by atoms with Gasteiger partial charge >= 0.3 is 0 Å². The molecule has 1 aliphatic heterocycles. The Morgan fingerprint density at radius 1 is 1.08 bits per heavy atom. The van der Waals surface area contributed by atoms with Gasteiger partial charge in [-0.3, -0.25) is 4.79 Å². The molecule has 4 nitrogen and oxygen atoms in total. The summed E-state index contributed by atoms with van der Waals surface area (Å²) in [5.41, 5.74) is 2.79. The number of rotatable bonds is 3. The summed E-state index contributed by atoms with van der Waals surface area (Å²) in [6, 6.07) is 15.5. The van der Waals surface area contributed by atoms with E-state index in [2.05, 4.69) is 0 Å². The largest absolute Gasteiger partial charge is 0.341 e. The zero-order valence-electron chi connectivity index (χ0n) is 13.3. The topological polar surface area (TPSA) is 38.1 Å². The molecule has 0 saturated carbocycles. The monoisotopic (exact) mass is 339 g/mol.